The number of nitrogens with zero attached hydrogens (tertiary/aromatic N) is 1. The van der Waals surface area contributed by atoms with E-state index >= 15 is 0 Å². The molecule has 2 aliphatic rings. The van der Waals surface area contributed by atoms with Crippen molar-refractivity contribution in [3.63, 3.8) is 0 Å². The second kappa shape index (κ2) is 5.27. The van der Waals surface area contributed by atoms with Crippen LogP contribution >= 0.6 is 0 Å². The van der Waals surface area contributed by atoms with Crippen LogP contribution in [0.4, 0.5) is 5.69 Å². The third-order valence-electron chi connectivity index (χ3n) is 4.42. The van der Waals surface area contributed by atoms with Crippen LogP contribution in [0.3, 0.4) is 0 Å². The zero-order chi connectivity index (χ0) is 14.1. The lowest BCUT2D eigenvalue weighted by molar-refractivity contribution is -0.122. The number of anilines is 1. The first-order chi connectivity index (χ1) is 9.66. The molecule has 1 amide bonds. The lowest BCUT2D eigenvalue weighted by Crippen LogP contribution is -2.39. The molecule has 4 nitrogen and oxygen atoms in total. The smallest absolute Gasteiger partial charge is 0.335 e. The lowest BCUT2D eigenvalue weighted by atomic mass is 9.97. The molecule has 0 aromatic heterocycles. The number of aromatic carboxylic acids is 1. The third-order valence-corrected chi connectivity index (χ3v) is 4.42. The molecule has 106 valence electrons. The van der Waals surface area contributed by atoms with Gasteiger partial charge in [0.1, 0.15) is 0 Å². The molecule has 4 heteroatoms. The average Bonchev–Trinajstić information content (AvgIpc) is 2.99. The Labute approximate surface area is 118 Å². The van der Waals surface area contributed by atoms with Crippen molar-refractivity contribution < 1.29 is 14.7 Å². The number of hydrogen-bond donors (Lipinski definition) is 1. The molecule has 1 N–H and O–H groups in total. The molecule has 0 spiro atoms. The first kappa shape index (κ1) is 13.2. The molecule has 1 heterocycles. The third kappa shape index (κ3) is 2.30. The molecule has 1 aromatic rings. The van der Waals surface area contributed by atoms with Crippen LogP contribution < -0.4 is 4.90 Å². The minimum Gasteiger partial charge on any atom is -0.478 e. The Morgan fingerprint density at radius 1 is 1.15 bits per heavy atom. The summed E-state index contributed by atoms with van der Waals surface area (Å²) in [5.41, 5.74) is 2.21. The Morgan fingerprint density at radius 3 is 2.60 bits per heavy atom. The van der Waals surface area contributed by atoms with E-state index in [9.17, 15) is 9.59 Å². The minimum absolute atomic E-state index is 0.167. The first-order valence-electron chi connectivity index (χ1n) is 7.34. The van der Waals surface area contributed by atoms with Gasteiger partial charge < -0.3 is 10.0 Å². The summed E-state index contributed by atoms with van der Waals surface area (Å²) in [5, 5.41) is 9.05. The van der Waals surface area contributed by atoms with Crippen LogP contribution in [0.1, 0.15) is 48.0 Å². The summed E-state index contributed by atoms with van der Waals surface area (Å²) >= 11 is 0. The monoisotopic (exact) mass is 273 g/mol. The van der Waals surface area contributed by atoms with E-state index in [4.69, 9.17) is 5.11 Å². The van der Waals surface area contributed by atoms with E-state index in [1.165, 1.54) is 0 Å². The zero-order valence-corrected chi connectivity index (χ0v) is 11.5. The van der Waals surface area contributed by atoms with Crippen molar-refractivity contribution in [1.29, 1.82) is 0 Å². The van der Waals surface area contributed by atoms with Crippen LogP contribution in [0, 0.1) is 5.92 Å². The van der Waals surface area contributed by atoms with Crippen molar-refractivity contribution >= 4 is 17.6 Å². The molecule has 0 radical (unpaired) electrons. The maximum absolute atomic E-state index is 12.6. The summed E-state index contributed by atoms with van der Waals surface area (Å²) in [4.78, 5) is 25.5. The SMILES string of the molecule is O=C(O)c1ccc2c(c1)CCCN2C(=O)C1CCCC1. The van der Waals surface area contributed by atoms with Gasteiger partial charge in [-0.1, -0.05) is 12.8 Å². The maximum Gasteiger partial charge on any atom is 0.335 e. The molecular formula is C16H19NO3. The van der Waals surface area contributed by atoms with E-state index in [1.807, 2.05) is 4.90 Å². The number of carbonyl (C=O) groups excluding carboxylic acids is 1. The number of benzene rings is 1. The number of aryl methyl sites for hydroxylation is 1. The van der Waals surface area contributed by atoms with Crippen LogP contribution in [0.5, 0.6) is 0 Å². The lowest BCUT2D eigenvalue weighted by Gasteiger charge is -2.31. The van der Waals surface area contributed by atoms with Gasteiger partial charge in [0, 0.05) is 18.2 Å². The predicted octanol–water partition coefficient (Wildman–Crippen LogP) is 2.85. The maximum atomic E-state index is 12.6. The molecule has 1 fully saturated rings. The van der Waals surface area contributed by atoms with E-state index in [0.717, 1.165) is 56.3 Å². The van der Waals surface area contributed by atoms with E-state index < -0.39 is 5.97 Å². The fourth-order valence-corrected chi connectivity index (χ4v) is 3.35. The van der Waals surface area contributed by atoms with E-state index in [-0.39, 0.29) is 11.8 Å². The Kier molecular flexibility index (Phi) is 3.47. The number of carboxylic acids is 1. The largest absolute Gasteiger partial charge is 0.478 e. The second-order valence-corrected chi connectivity index (χ2v) is 5.72. The summed E-state index contributed by atoms with van der Waals surface area (Å²) in [5.74, 6) is -0.515. The molecule has 1 aromatic carbocycles. The highest BCUT2D eigenvalue weighted by atomic mass is 16.4. The highest BCUT2D eigenvalue weighted by molar-refractivity contribution is 5.97. The Morgan fingerprint density at radius 2 is 1.90 bits per heavy atom. The number of carbonyl (C=O) groups is 2. The number of hydrogen-bond acceptors (Lipinski definition) is 2. The van der Waals surface area contributed by atoms with E-state index in [0.29, 0.717) is 5.56 Å². The molecule has 3 rings (SSSR count). The topological polar surface area (TPSA) is 57.6 Å². The van der Waals surface area contributed by atoms with Gasteiger partial charge in [0.25, 0.3) is 0 Å². The molecule has 0 atom stereocenters. The van der Waals surface area contributed by atoms with Gasteiger partial charge in [-0.25, -0.2) is 4.79 Å². The minimum atomic E-state index is -0.910. The standard InChI is InChI=1S/C16H19NO3/c18-15(11-4-1-2-5-11)17-9-3-6-12-10-13(16(19)20)7-8-14(12)17/h7-8,10-11H,1-6,9H2,(H,19,20). The van der Waals surface area contributed by atoms with E-state index in [1.54, 1.807) is 18.2 Å². The Bertz CT molecular complexity index is 547. The number of fused-ring (bicyclic) bond motifs is 1. The molecule has 0 unspecified atom stereocenters. The average molecular weight is 273 g/mol. The van der Waals surface area contributed by atoms with Crippen LogP contribution in [-0.4, -0.2) is 23.5 Å². The second-order valence-electron chi connectivity index (χ2n) is 5.72. The number of amides is 1. The normalized spacial score (nSPS) is 18.9. The van der Waals surface area contributed by atoms with Crippen LogP contribution in [0.15, 0.2) is 18.2 Å². The number of carboxylic acid groups (broad SMARTS) is 1. The fourth-order valence-electron chi connectivity index (χ4n) is 3.35. The zero-order valence-electron chi connectivity index (χ0n) is 11.5. The first-order valence-corrected chi connectivity index (χ1v) is 7.34. The molecular weight excluding hydrogens is 254 g/mol. The molecule has 1 aliphatic heterocycles. The molecule has 20 heavy (non-hydrogen) atoms. The van der Waals surface area contributed by atoms with Gasteiger partial charge in [-0.3, -0.25) is 4.79 Å². The van der Waals surface area contributed by atoms with Gasteiger partial charge >= 0.3 is 5.97 Å². The van der Waals surface area contributed by atoms with Crippen molar-refractivity contribution in [3.8, 4) is 0 Å². The number of rotatable bonds is 2. The van der Waals surface area contributed by atoms with Crippen molar-refractivity contribution in [3.05, 3.63) is 29.3 Å². The van der Waals surface area contributed by atoms with Crippen LogP contribution in [0.25, 0.3) is 0 Å². The highest BCUT2D eigenvalue weighted by Gasteiger charge is 2.30. The van der Waals surface area contributed by atoms with Crippen molar-refractivity contribution in [1.82, 2.24) is 0 Å². The van der Waals surface area contributed by atoms with Gasteiger partial charge in [0.15, 0.2) is 0 Å². The van der Waals surface area contributed by atoms with Crippen molar-refractivity contribution in [2.24, 2.45) is 5.92 Å². The Hall–Kier alpha value is -1.84. The summed E-state index contributed by atoms with van der Waals surface area (Å²) in [6, 6.07) is 5.11. The van der Waals surface area contributed by atoms with Gasteiger partial charge in [0.2, 0.25) is 5.91 Å². The van der Waals surface area contributed by atoms with Gasteiger partial charge in [-0.15, -0.1) is 0 Å². The Balaban J connectivity index is 1.89. The summed E-state index contributed by atoms with van der Waals surface area (Å²) in [6.45, 7) is 0.759. The van der Waals surface area contributed by atoms with Crippen molar-refractivity contribution in [2.45, 2.75) is 38.5 Å². The molecule has 1 aliphatic carbocycles. The molecule has 1 saturated carbocycles. The van der Waals surface area contributed by atoms with Crippen molar-refractivity contribution in [2.75, 3.05) is 11.4 Å². The summed E-state index contributed by atoms with van der Waals surface area (Å²) in [6.07, 6.45) is 6.05. The summed E-state index contributed by atoms with van der Waals surface area (Å²) in [7, 11) is 0. The van der Waals surface area contributed by atoms with Crippen LogP contribution in [0.2, 0.25) is 0 Å². The quantitative estimate of drug-likeness (QED) is 0.901. The molecule has 0 bridgehead atoms. The van der Waals surface area contributed by atoms with E-state index in [2.05, 4.69) is 0 Å². The van der Waals surface area contributed by atoms with Gasteiger partial charge in [-0.2, -0.15) is 0 Å². The van der Waals surface area contributed by atoms with Gasteiger partial charge in [0.05, 0.1) is 5.56 Å². The van der Waals surface area contributed by atoms with Crippen LogP contribution in [-0.2, 0) is 11.2 Å². The highest BCUT2D eigenvalue weighted by Crippen LogP contribution is 2.33. The van der Waals surface area contributed by atoms with Gasteiger partial charge in [-0.05, 0) is 49.4 Å². The summed E-state index contributed by atoms with van der Waals surface area (Å²) < 4.78 is 0. The molecule has 0 saturated heterocycles. The predicted molar refractivity (Wildman–Crippen MR) is 76.0 cm³/mol. The fraction of sp³-hybridized carbons (Fsp3) is 0.500.